The molecular formula is C7H8O3. The number of carbonyl (C=O) groups excluding carboxylic acids is 1. The van der Waals surface area contributed by atoms with E-state index in [-0.39, 0.29) is 5.76 Å². The predicted molar refractivity (Wildman–Crippen MR) is 35.2 cm³/mol. The lowest BCUT2D eigenvalue weighted by atomic mass is 10.3. The average Bonchev–Trinajstić information content (AvgIpc) is 2.05. The van der Waals surface area contributed by atoms with Crippen LogP contribution in [0, 0.1) is 0 Å². The first-order chi connectivity index (χ1) is 4.84. The first kappa shape index (κ1) is 6.86. The molecule has 3 heteroatoms. The van der Waals surface area contributed by atoms with Crippen LogP contribution < -0.4 is 0 Å². The normalized spacial score (nSPS) is 15.5. The quantitative estimate of drug-likeness (QED) is 0.501. The summed E-state index contributed by atoms with van der Waals surface area (Å²) in [6, 6.07) is 0. The third-order valence-electron chi connectivity index (χ3n) is 1.11. The van der Waals surface area contributed by atoms with Crippen molar-refractivity contribution in [1.82, 2.24) is 0 Å². The molecule has 1 aliphatic rings. The van der Waals surface area contributed by atoms with Crippen LogP contribution in [0.2, 0.25) is 0 Å². The second kappa shape index (κ2) is 3.06. The minimum absolute atomic E-state index is 0.269. The summed E-state index contributed by atoms with van der Waals surface area (Å²) in [5.41, 5.74) is 0. The minimum atomic E-state index is -0.427. The van der Waals surface area contributed by atoms with Crippen LogP contribution in [0.1, 0.15) is 0 Å². The Morgan fingerprint density at radius 1 is 1.80 bits per heavy atom. The summed E-state index contributed by atoms with van der Waals surface area (Å²) >= 11 is 0. The number of carbonyl (C=O) groups is 1. The molecule has 0 radical (unpaired) electrons. The molecule has 0 bridgehead atoms. The van der Waals surface area contributed by atoms with Gasteiger partial charge in [0, 0.05) is 0 Å². The molecule has 0 atom stereocenters. The Bertz CT molecular complexity index is 191. The van der Waals surface area contributed by atoms with Gasteiger partial charge in [0.2, 0.25) is 5.76 Å². The van der Waals surface area contributed by atoms with Gasteiger partial charge in [0.1, 0.15) is 6.61 Å². The van der Waals surface area contributed by atoms with Crippen LogP contribution in [0.4, 0.5) is 0 Å². The second-order valence-corrected chi connectivity index (χ2v) is 1.76. The molecule has 0 N–H and O–H groups in total. The maximum absolute atomic E-state index is 10.7. The molecular weight excluding hydrogens is 132 g/mol. The van der Waals surface area contributed by atoms with Gasteiger partial charge >= 0.3 is 5.97 Å². The maximum atomic E-state index is 10.7. The number of ether oxygens (including phenoxy) is 2. The zero-order valence-corrected chi connectivity index (χ0v) is 5.66. The van der Waals surface area contributed by atoms with E-state index in [4.69, 9.17) is 4.74 Å². The smallest absolute Gasteiger partial charge is 0.373 e. The van der Waals surface area contributed by atoms with Crippen molar-refractivity contribution in [2.24, 2.45) is 0 Å². The van der Waals surface area contributed by atoms with E-state index in [1.54, 1.807) is 12.2 Å². The SMILES string of the molecule is COC(=O)C1=CC=CCO1. The van der Waals surface area contributed by atoms with Crippen molar-refractivity contribution in [3.8, 4) is 0 Å². The third-order valence-corrected chi connectivity index (χ3v) is 1.11. The summed E-state index contributed by atoms with van der Waals surface area (Å²) in [6.07, 6.45) is 5.15. The zero-order chi connectivity index (χ0) is 7.40. The lowest BCUT2D eigenvalue weighted by Crippen LogP contribution is -2.09. The molecule has 1 aliphatic heterocycles. The van der Waals surface area contributed by atoms with Crippen LogP contribution in [-0.4, -0.2) is 19.7 Å². The summed E-state index contributed by atoms with van der Waals surface area (Å²) in [5, 5.41) is 0. The first-order valence-corrected chi connectivity index (χ1v) is 2.92. The number of esters is 1. The van der Waals surface area contributed by atoms with Gasteiger partial charge in [-0.05, 0) is 12.2 Å². The molecule has 0 aromatic heterocycles. The highest BCUT2D eigenvalue weighted by Crippen LogP contribution is 2.04. The van der Waals surface area contributed by atoms with E-state index < -0.39 is 5.97 Å². The monoisotopic (exact) mass is 140 g/mol. The fourth-order valence-corrected chi connectivity index (χ4v) is 0.625. The van der Waals surface area contributed by atoms with Crippen molar-refractivity contribution in [2.45, 2.75) is 0 Å². The van der Waals surface area contributed by atoms with E-state index in [1.807, 2.05) is 6.08 Å². The van der Waals surface area contributed by atoms with Crippen molar-refractivity contribution in [1.29, 1.82) is 0 Å². The van der Waals surface area contributed by atoms with Gasteiger partial charge in [0.25, 0.3) is 0 Å². The Kier molecular flexibility index (Phi) is 2.10. The Hall–Kier alpha value is -1.25. The van der Waals surface area contributed by atoms with Crippen molar-refractivity contribution in [3.63, 3.8) is 0 Å². The van der Waals surface area contributed by atoms with Crippen molar-refractivity contribution >= 4 is 5.97 Å². The Morgan fingerprint density at radius 2 is 2.60 bits per heavy atom. The van der Waals surface area contributed by atoms with Gasteiger partial charge in [-0.15, -0.1) is 0 Å². The Morgan fingerprint density at radius 3 is 3.10 bits per heavy atom. The van der Waals surface area contributed by atoms with Crippen LogP contribution in [0.5, 0.6) is 0 Å². The summed E-state index contributed by atoms with van der Waals surface area (Å²) in [7, 11) is 1.32. The van der Waals surface area contributed by atoms with Gasteiger partial charge in [0.15, 0.2) is 0 Å². The van der Waals surface area contributed by atoms with E-state index in [9.17, 15) is 4.79 Å². The van der Waals surface area contributed by atoms with Crippen LogP contribution in [0.3, 0.4) is 0 Å². The van der Waals surface area contributed by atoms with Gasteiger partial charge < -0.3 is 9.47 Å². The molecule has 54 valence electrons. The van der Waals surface area contributed by atoms with Crippen LogP contribution >= 0.6 is 0 Å². The number of hydrogen-bond donors (Lipinski definition) is 0. The Balaban J connectivity index is 2.62. The fourth-order valence-electron chi connectivity index (χ4n) is 0.625. The van der Waals surface area contributed by atoms with Crippen molar-refractivity contribution < 1.29 is 14.3 Å². The molecule has 0 saturated heterocycles. The molecule has 0 unspecified atom stereocenters. The van der Waals surface area contributed by atoms with Gasteiger partial charge in [-0.2, -0.15) is 0 Å². The molecule has 3 nitrogen and oxygen atoms in total. The van der Waals surface area contributed by atoms with Gasteiger partial charge in [-0.25, -0.2) is 4.79 Å². The lowest BCUT2D eigenvalue weighted by molar-refractivity contribution is -0.140. The first-order valence-electron chi connectivity index (χ1n) is 2.92. The highest BCUT2D eigenvalue weighted by atomic mass is 16.6. The van der Waals surface area contributed by atoms with E-state index in [0.717, 1.165) is 0 Å². The standard InChI is InChI=1S/C7H8O3/c1-9-7(8)6-4-2-3-5-10-6/h2-4H,5H2,1H3. The third kappa shape index (κ3) is 1.37. The molecule has 0 amide bonds. The molecule has 10 heavy (non-hydrogen) atoms. The molecule has 0 aromatic carbocycles. The second-order valence-electron chi connectivity index (χ2n) is 1.76. The van der Waals surface area contributed by atoms with E-state index in [0.29, 0.717) is 6.61 Å². The molecule has 1 heterocycles. The largest absolute Gasteiger partial charge is 0.482 e. The van der Waals surface area contributed by atoms with Gasteiger partial charge in [-0.1, -0.05) is 6.08 Å². The number of allylic oxidation sites excluding steroid dienone is 2. The molecule has 0 saturated carbocycles. The van der Waals surface area contributed by atoms with Crippen LogP contribution in [0.25, 0.3) is 0 Å². The van der Waals surface area contributed by atoms with E-state index >= 15 is 0 Å². The van der Waals surface area contributed by atoms with Gasteiger partial charge in [-0.3, -0.25) is 0 Å². The van der Waals surface area contributed by atoms with Crippen molar-refractivity contribution in [3.05, 3.63) is 24.0 Å². The van der Waals surface area contributed by atoms with Crippen molar-refractivity contribution in [2.75, 3.05) is 13.7 Å². The molecule has 1 rings (SSSR count). The highest BCUT2D eigenvalue weighted by Gasteiger charge is 2.10. The maximum Gasteiger partial charge on any atom is 0.373 e. The minimum Gasteiger partial charge on any atom is -0.482 e. The number of hydrogen-bond acceptors (Lipinski definition) is 3. The highest BCUT2D eigenvalue weighted by molar-refractivity contribution is 5.86. The number of rotatable bonds is 1. The summed E-state index contributed by atoms with van der Waals surface area (Å²) in [6.45, 7) is 0.445. The topological polar surface area (TPSA) is 35.5 Å². The Labute approximate surface area is 58.9 Å². The number of methoxy groups -OCH3 is 1. The van der Waals surface area contributed by atoms with E-state index in [2.05, 4.69) is 4.74 Å². The fraction of sp³-hybridized carbons (Fsp3) is 0.286. The lowest BCUT2D eigenvalue weighted by Gasteiger charge is -2.07. The summed E-state index contributed by atoms with van der Waals surface area (Å²) in [4.78, 5) is 10.7. The van der Waals surface area contributed by atoms with E-state index in [1.165, 1.54) is 7.11 Å². The molecule has 0 spiro atoms. The summed E-state index contributed by atoms with van der Waals surface area (Å²) < 4.78 is 9.35. The van der Waals surface area contributed by atoms with Gasteiger partial charge in [0.05, 0.1) is 7.11 Å². The van der Waals surface area contributed by atoms with Crippen LogP contribution in [0.15, 0.2) is 24.0 Å². The zero-order valence-electron chi connectivity index (χ0n) is 5.66. The van der Waals surface area contributed by atoms with Crippen LogP contribution in [-0.2, 0) is 14.3 Å². The molecule has 0 aliphatic carbocycles. The molecule has 0 aromatic rings. The predicted octanol–water partition coefficient (Wildman–Crippen LogP) is 0.630. The molecule has 0 fully saturated rings. The summed E-state index contributed by atoms with van der Waals surface area (Å²) in [5.74, 6) is -0.158. The average molecular weight is 140 g/mol.